The molecule has 0 amide bonds. The Morgan fingerprint density at radius 3 is 2.88 bits per heavy atom. The van der Waals surface area contributed by atoms with E-state index in [1.54, 1.807) is 6.20 Å². The van der Waals surface area contributed by atoms with Crippen molar-refractivity contribution in [2.45, 2.75) is 31.7 Å². The van der Waals surface area contributed by atoms with Crippen LogP contribution < -0.4 is 5.32 Å². The molecule has 1 aromatic rings. The van der Waals surface area contributed by atoms with Crippen LogP contribution in [-0.4, -0.2) is 22.7 Å². The Balaban J connectivity index is 1.99. The molecule has 0 radical (unpaired) electrons. The summed E-state index contributed by atoms with van der Waals surface area (Å²) in [6.45, 7) is 0.255. The molecule has 16 heavy (non-hydrogen) atoms. The molecule has 2 N–H and O–H groups in total. The summed E-state index contributed by atoms with van der Waals surface area (Å²) in [5.41, 5.74) is 0. The summed E-state index contributed by atoms with van der Waals surface area (Å²) < 4.78 is 0. The number of aliphatic hydroxyl groups is 1. The zero-order valence-electron chi connectivity index (χ0n) is 9.19. The van der Waals surface area contributed by atoms with E-state index in [-0.39, 0.29) is 6.61 Å². The van der Waals surface area contributed by atoms with Crippen molar-refractivity contribution in [1.82, 2.24) is 4.98 Å². The van der Waals surface area contributed by atoms with E-state index < -0.39 is 0 Å². The molecule has 2 atom stereocenters. The number of hydrogen-bond acceptors (Lipinski definition) is 3. The van der Waals surface area contributed by atoms with E-state index >= 15 is 0 Å². The summed E-state index contributed by atoms with van der Waals surface area (Å²) in [5.74, 6) is 1.20. The fourth-order valence-corrected chi connectivity index (χ4v) is 2.38. The zero-order valence-corrected chi connectivity index (χ0v) is 9.95. The molecular weight excluding hydrogens is 224 g/mol. The fourth-order valence-electron chi connectivity index (χ4n) is 2.27. The van der Waals surface area contributed by atoms with Crippen LogP contribution in [0.15, 0.2) is 18.3 Å². The molecule has 1 fully saturated rings. The Bertz CT molecular complexity index is 328. The first-order chi connectivity index (χ1) is 7.79. The van der Waals surface area contributed by atoms with E-state index in [0.717, 1.165) is 18.7 Å². The topological polar surface area (TPSA) is 45.1 Å². The molecule has 1 aliphatic carbocycles. The molecule has 2 rings (SSSR count). The molecule has 1 aliphatic rings. The largest absolute Gasteiger partial charge is 0.396 e. The number of nitrogens with zero attached hydrogens (tertiary/aromatic N) is 1. The Kier molecular flexibility index (Phi) is 4.02. The number of halogens is 1. The number of rotatable bonds is 3. The minimum absolute atomic E-state index is 0.255. The number of pyridine rings is 1. The van der Waals surface area contributed by atoms with Crippen molar-refractivity contribution in [3.05, 3.63) is 23.4 Å². The molecule has 2 unspecified atom stereocenters. The highest BCUT2D eigenvalue weighted by molar-refractivity contribution is 6.30. The number of aromatic nitrogens is 1. The first kappa shape index (κ1) is 11.7. The molecule has 0 aliphatic heterocycles. The van der Waals surface area contributed by atoms with Gasteiger partial charge >= 0.3 is 0 Å². The van der Waals surface area contributed by atoms with Gasteiger partial charge < -0.3 is 10.4 Å². The van der Waals surface area contributed by atoms with Gasteiger partial charge in [-0.3, -0.25) is 0 Å². The van der Waals surface area contributed by atoms with Gasteiger partial charge in [0.15, 0.2) is 0 Å². The van der Waals surface area contributed by atoms with Crippen molar-refractivity contribution in [1.29, 1.82) is 0 Å². The van der Waals surface area contributed by atoms with E-state index in [4.69, 9.17) is 11.6 Å². The normalized spacial score (nSPS) is 25.4. The van der Waals surface area contributed by atoms with Crippen molar-refractivity contribution in [3.8, 4) is 0 Å². The molecular formula is C12H17ClN2O. The van der Waals surface area contributed by atoms with Crippen molar-refractivity contribution in [3.63, 3.8) is 0 Å². The molecule has 0 bridgehead atoms. The van der Waals surface area contributed by atoms with Crippen LogP contribution in [0.2, 0.25) is 5.02 Å². The number of aliphatic hydroxyl groups excluding tert-OH is 1. The molecule has 1 saturated carbocycles. The highest BCUT2D eigenvalue weighted by atomic mass is 35.5. The maximum Gasteiger partial charge on any atom is 0.126 e. The summed E-state index contributed by atoms with van der Waals surface area (Å²) in [6, 6.07) is 4.05. The lowest BCUT2D eigenvalue weighted by molar-refractivity contribution is 0.178. The van der Waals surface area contributed by atoms with Gasteiger partial charge in [0.1, 0.15) is 5.82 Å². The molecule has 3 nitrogen and oxygen atoms in total. The smallest absolute Gasteiger partial charge is 0.126 e. The molecule has 1 heterocycles. The first-order valence-corrected chi connectivity index (χ1v) is 6.16. The van der Waals surface area contributed by atoms with E-state index in [9.17, 15) is 5.11 Å². The minimum Gasteiger partial charge on any atom is -0.396 e. The SMILES string of the molecule is OCC1CCCCC1Nc1ccc(Cl)cn1. The number of nitrogens with one attached hydrogen (secondary N) is 1. The zero-order chi connectivity index (χ0) is 11.4. The van der Waals surface area contributed by atoms with Crippen molar-refractivity contribution in [2.24, 2.45) is 5.92 Å². The highest BCUT2D eigenvalue weighted by Crippen LogP contribution is 2.26. The third-order valence-electron chi connectivity index (χ3n) is 3.20. The van der Waals surface area contributed by atoms with Gasteiger partial charge in [-0.05, 0) is 25.0 Å². The van der Waals surface area contributed by atoms with Crippen LogP contribution in [0.3, 0.4) is 0 Å². The standard InChI is InChI=1S/C12H17ClN2O/c13-10-5-6-12(14-7-10)15-11-4-2-1-3-9(11)8-16/h5-7,9,11,16H,1-4,8H2,(H,14,15). The van der Waals surface area contributed by atoms with Gasteiger partial charge in [-0.1, -0.05) is 24.4 Å². The van der Waals surface area contributed by atoms with E-state index in [1.807, 2.05) is 12.1 Å². The van der Waals surface area contributed by atoms with Gasteiger partial charge in [-0.15, -0.1) is 0 Å². The third-order valence-corrected chi connectivity index (χ3v) is 3.43. The Hall–Kier alpha value is -0.800. The lowest BCUT2D eigenvalue weighted by Crippen LogP contribution is -2.34. The lowest BCUT2D eigenvalue weighted by Gasteiger charge is -2.31. The molecule has 0 saturated heterocycles. The minimum atomic E-state index is 0.255. The quantitative estimate of drug-likeness (QED) is 0.854. The number of anilines is 1. The molecule has 88 valence electrons. The van der Waals surface area contributed by atoms with Gasteiger partial charge in [-0.25, -0.2) is 4.98 Å². The molecule has 0 spiro atoms. The molecule has 0 aromatic carbocycles. The average molecular weight is 241 g/mol. The Labute approximate surface area is 101 Å². The van der Waals surface area contributed by atoms with Crippen LogP contribution in [0, 0.1) is 5.92 Å². The van der Waals surface area contributed by atoms with Crippen LogP contribution in [0.5, 0.6) is 0 Å². The maximum atomic E-state index is 9.30. The monoisotopic (exact) mass is 240 g/mol. The highest BCUT2D eigenvalue weighted by Gasteiger charge is 2.24. The average Bonchev–Trinajstić information content (AvgIpc) is 2.33. The van der Waals surface area contributed by atoms with Crippen LogP contribution in [0.4, 0.5) is 5.82 Å². The molecule has 1 aromatic heterocycles. The summed E-state index contributed by atoms with van der Waals surface area (Å²) >= 11 is 5.78. The number of hydrogen-bond donors (Lipinski definition) is 2. The summed E-state index contributed by atoms with van der Waals surface area (Å²) in [7, 11) is 0. The second-order valence-electron chi connectivity index (χ2n) is 4.34. The molecule has 4 heteroatoms. The Morgan fingerprint density at radius 1 is 1.38 bits per heavy atom. The van der Waals surface area contributed by atoms with Crippen molar-refractivity contribution >= 4 is 17.4 Å². The second kappa shape index (κ2) is 5.51. The Morgan fingerprint density at radius 2 is 2.19 bits per heavy atom. The van der Waals surface area contributed by atoms with Crippen LogP contribution in [-0.2, 0) is 0 Å². The first-order valence-electron chi connectivity index (χ1n) is 5.78. The maximum absolute atomic E-state index is 9.30. The van der Waals surface area contributed by atoms with E-state index in [2.05, 4.69) is 10.3 Å². The van der Waals surface area contributed by atoms with Gasteiger partial charge in [0.2, 0.25) is 0 Å². The van der Waals surface area contributed by atoms with E-state index in [0.29, 0.717) is 17.0 Å². The predicted molar refractivity (Wildman–Crippen MR) is 65.7 cm³/mol. The van der Waals surface area contributed by atoms with Crippen LogP contribution in [0.25, 0.3) is 0 Å². The fraction of sp³-hybridized carbons (Fsp3) is 0.583. The van der Waals surface area contributed by atoms with Crippen molar-refractivity contribution in [2.75, 3.05) is 11.9 Å². The van der Waals surface area contributed by atoms with Gasteiger partial charge in [0.05, 0.1) is 5.02 Å². The van der Waals surface area contributed by atoms with Gasteiger partial charge in [0.25, 0.3) is 0 Å². The van der Waals surface area contributed by atoms with E-state index in [1.165, 1.54) is 12.8 Å². The summed E-state index contributed by atoms with van der Waals surface area (Å²) in [4.78, 5) is 4.22. The third kappa shape index (κ3) is 2.86. The summed E-state index contributed by atoms with van der Waals surface area (Å²) in [6.07, 6.45) is 6.29. The van der Waals surface area contributed by atoms with Crippen molar-refractivity contribution < 1.29 is 5.11 Å². The van der Waals surface area contributed by atoms with Crippen LogP contribution in [0.1, 0.15) is 25.7 Å². The van der Waals surface area contributed by atoms with Gasteiger partial charge in [0, 0.05) is 24.8 Å². The predicted octanol–water partition coefficient (Wildman–Crippen LogP) is 2.70. The second-order valence-corrected chi connectivity index (χ2v) is 4.78. The van der Waals surface area contributed by atoms with Crippen LogP contribution >= 0.6 is 11.6 Å². The lowest BCUT2D eigenvalue weighted by atomic mass is 9.85. The summed E-state index contributed by atoms with van der Waals surface area (Å²) in [5, 5.41) is 13.3. The van der Waals surface area contributed by atoms with Gasteiger partial charge in [-0.2, -0.15) is 0 Å².